The molecule has 0 spiro atoms. The van der Waals surface area contributed by atoms with Gasteiger partial charge < -0.3 is 20.3 Å². The summed E-state index contributed by atoms with van der Waals surface area (Å²) in [6.07, 6.45) is 1.73. The van der Waals surface area contributed by atoms with Crippen molar-refractivity contribution in [3.8, 4) is 5.75 Å². The number of nitrogens with one attached hydrogen (secondary N) is 2. The lowest BCUT2D eigenvalue weighted by atomic mass is 10.2. The fraction of sp³-hybridized carbons (Fsp3) is 0.190. The Labute approximate surface area is 173 Å². The molecule has 1 aliphatic rings. The van der Waals surface area contributed by atoms with E-state index in [-0.39, 0.29) is 5.91 Å². The maximum atomic E-state index is 12.9. The number of amides is 1. The second-order valence-electron chi connectivity index (χ2n) is 6.54. The van der Waals surface area contributed by atoms with Crippen molar-refractivity contribution in [1.82, 2.24) is 14.9 Å². The van der Waals surface area contributed by atoms with E-state index < -0.39 is 0 Å². The third kappa shape index (κ3) is 4.25. The molecule has 29 heavy (non-hydrogen) atoms. The predicted molar refractivity (Wildman–Crippen MR) is 113 cm³/mol. The van der Waals surface area contributed by atoms with Crippen molar-refractivity contribution in [2.45, 2.75) is 6.54 Å². The first-order valence-corrected chi connectivity index (χ1v) is 9.56. The molecule has 0 atom stereocenters. The summed E-state index contributed by atoms with van der Waals surface area (Å²) in [7, 11) is 1.61. The number of fused-ring (bicyclic) bond motifs is 1. The van der Waals surface area contributed by atoms with Gasteiger partial charge in [-0.15, -0.1) is 0 Å². The molecule has 148 valence electrons. The molecule has 2 N–H and O–H groups in total. The molecular formula is C21H20ClN5O2. The zero-order valence-electron chi connectivity index (χ0n) is 15.9. The first-order chi connectivity index (χ1) is 14.1. The largest absolute Gasteiger partial charge is 0.495 e. The molecule has 0 aliphatic carbocycles. The molecule has 2 heterocycles. The molecule has 4 rings (SSSR count). The van der Waals surface area contributed by atoms with Crippen molar-refractivity contribution in [2.75, 3.05) is 30.8 Å². The Morgan fingerprint density at radius 3 is 2.79 bits per heavy atom. The van der Waals surface area contributed by atoms with Crippen molar-refractivity contribution in [3.63, 3.8) is 0 Å². The number of carbonyl (C=O) groups excluding carboxylic acids is 1. The lowest BCUT2D eigenvalue weighted by Crippen LogP contribution is -2.32. The number of anilines is 3. The molecule has 0 radical (unpaired) electrons. The number of hydrogen-bond acceptors (Lipinski definition) is 6. The summed E-state index contributed by atoms with van der Waals surface area (Å²) in [5, 5.41) is 7.08. The Bertz CT molecular complexity index is 1030. The van der Waals surface area contributed by atoms with Gasteiger partial charge in [-0.05, 0) is 36.4 Å². The van der Waals surface area contributed by atoms with Crippen LogP contribution in [0.25, 0.3) is 0 Å². The van der Waals surface area contributed by atoms with Crippen LogP contribution in [0.5, 0.6) is 5.75 Å². The van der Waals surface area contributed by atoms with Crippen LogP contribution in [0.1, 0.15) is 16.1 Å². The Morgan fingerprint density at radius 2 is 2.00 bits per heavy atom. The highest BCUT2D eigenvalue weighted by atomic mass is 35.5. The van der Waals surface area contributed by atoms with Crippen molar-refractivity contribution < 1.29 is 9.53 Å². The Kier molecular flexibility index (Phi) is 5.48. The number of halogens is 1. The van der Waals surface area contributed by atoms with Crippen LogP contribution < -0.4 is 15.4 Å². The van der Waals surface area contributed by atoms with Gasteiger partial charge in [0.25, 0.3) is 5.91 Å². The van der Waals surface area contributed by atoms with E-state index in [2.05, 4.69) is 20.6 Å². The minimum absolute atomic E-state index is 0.0610. The molecule has 1 aromatic heterocycles. The molecule has 0 unspecified atom stereocenters. The van der Waals surface area contributed by atoms with Gasteiger partial charge in [0.1, 0.15) is 5.75 Å². The summed E-state index contributed by atoms with van der Waals surface area (Å²) in [5.74, 6) is 1.08. The quantitative estimate of drug-likeness (QED) is 0.679. The van der Waals surface area contributed by atoms with Crippen LogP contribution in [0.4, 0.5) is 17.3 Å². The Hall–Kier alpha value is -3.32. The highest BCUT2D eigenvalue weighted by Crippen LogP contribution is 2.27. The molecule has 0 fully saturated rings. The van der Waals surface area contributed by atoms with E-state index >= 15 is 0 Å². The lowest BCUT2D eigenvalue weighted by Gasteiger charge is -2.20. The van der Waals surface area contributed by atoms with Crippen LogP contribution in [0.3, 0.4) is 0 Å². The highest BCUT2D eigenvalue weighted by Gasteiger charge is 2.22. The minimum Gasteiger partial charge on any atom is -0.495 e. The summed E-state index contributed by atoms with van der Waals surface area (Å²) in [5.41, 5.74) is 2.93. The number of ether oxygens (including phenoxy) is 1. The molecule has 0 saturated heterocycles. The molecule has 1 amide bonds. The first-order valence-electron chi connectivity index (χ1n) is 9.19. The van der Waals surface area contributed by atoms with Gasteiger partial charge in [-0.1, -0.05) is 23.7 Å². The summed E-state index contributed by atoms with van der Waals surface area (Å²) in [4.78, 5) is 23.7. The van der Waals surface area contributed by atoms with Gasteiger partial charge in [0.2, 0.25) is 5.95 Å². The molecule has 2 aromatic carbocycles. The van der Waals surface area contributed by atoms with E-state index in [1.807, 2.05) is 24.3 Å². The van der Waals surface area contributed by atoms with Gasteiger partial charge in [0.05, 0.1) is 36.9 Å². The van der Waals surface area contributed by atoms with Gasteiger partial charge in [0.15, 0.2) is 0 Å². The molecule has 8 heteroatoms. The summed E-state index contributed by atoms with van der Waals surface area (Å²) in [6.45, 7) is 1.56. The number of nitrogens with zero attached hydrogens (tertiary/aromatic N) is 3. The minimum atomic E-state index is -0.0610. The van der Waals surface area contributed by atoms with E-state index in [1.54, 1.807) is 42.5 Å². The van der Waals surface area contributed by atoms with Crippen molar-refractivity contribution in [2.24, 2.45) is 0 Å². The zero-order chi connectivity index (χ0) is 20.2. The number of carbonyl (C=O) groups is 1. The smallest absolute Gasteiger partial charge is 0.254 e. The van der Waals surface area contributed by atoms with Crippen molar-refractivity contribution in [1.29, 1.82) is 0 Å². The van der Waals surface area contributed by atoms with E-state index in [0.29, 0.717) is 41.9 Å². The van der Waals surface area contributed by atoms with E-state index in [4.69, 9.17) is 16.3 Å². The van der Waals surface area contributed by atoms with E-state index in [1.165, 1.54) is 0 Å². The predicted octanol–water partition coefficient (Wildman–Crippen LogP) is 3.95. The monoisotopic (exact) mass is 409 g/mol. The zero-order valence-corrected chi connectivity index (χ0v) is 16.6. The van der Waals surface area contributed by atoms with Crippen LogP contribution in [-0.2, 0) is 6.54 Å². The van der Waals surface area contributed by atoms with E-state index in [0.717, 1.165) is 17.1 Å². The highest BCUT2D eigenvalue weighted by molar-refractivity contribution is 6.30. The second kappa shape index (κ2) is 8.36. The van der Waals surface area contributed by atoms with Crippen molar-refractivity contribution >= 4 is 34.8 Å². The normalized spacial score (nSPS) is 13.1. The third-order valence-electron chi connectivity index (χ3n) is 4.64. The average molecular weight is 410 g/mol. The molecule has 0 saturated carbocycles. The summed E-state index contributed by atoms with van der Waals surface area (Å²) in [6, 6.07) is 14.5. The number of benzene rings is 2. The van der Waals surface area contributed by atoms with Gasteiger partial charge >= 0.3 is 0 Å². The number of hydrogen-bond donors (Lipinski definition) is 2. The van der Waals surface area contributed by atoms with Crippen LogP contribution in [0.2, 0.25) is 5.02 Å². The van der Waals surface area contributed by atoms with Crippen LogP contribution in [-0.4, -0.2) is 41.0 Å². The van der Waals surface area contributed by atoms with Crippen LogP contribution in [0.15, 0.2) is 54.7 Å². The van der Waals surface area contributed by atoms with Gasteiger partial charge in [0, 0.05) is 23.7 Å². The summed E-state index contributed by atoms with van der Waals surface area (Å²) < 4.78 is 5.36. The number of para-hydroxylation sites is 2. The van der Waals surface area contributed by atoms with E-state index in [9.17, 15) is 4.79 Å². The van der Waals surface area contributed by atoms with Crippen LogP contribution in [0, 0.1) is 0 Å². The topological polar surface area (TPSA) is 79.4 Å². The average Bonchev–Trinajstić information content (AvgIpc) is 2.96. The standard InChI is InChI=1S/C21H20ClN5O2/c1-29-19-5-3-2-4-16(19)25-21-24-12-17-18(26-21)13-27(11-10-23-17)20(28)14-6-8-15(22)9-7-14/h2-9,12,23H,10-11,13H2,1H3,(H,24,25,26). The Balaban J connectivity index is 1.57. The van der Waals surface area contributed by atoms with Gasteiger partial charge in [-0.3, -0.25) is 4.79 Å². The fourth-order valence-electron chi connectivity index (χ4n) is 3.15. The number of rotatable bonds is 4. The molecular weight excluding hydrogens is 390 g/mol. The third-order valence-corrected chi connectivity index (χ3v) is 4.89. The van der Waals surface area contributed by atoms with Gasteiger partial charge in [-0.25, -0.2) is 9.97 Å². The summed E-state index contributed by atoms with van der Waals surface area (Å²) >= 11 is 5.93. The maximum Gasteiger partial charge on any atom is 0.254 e. The molecule has 3 aromatic rings. The SMILES string of the molecule is COc1ccccc1Nc1ncc2c(n1)CN(C(=O)c1ccc(Cl)cc1)CCN2. The second-order valence-corrected chi connectivity index (χ2v) is 6.98. The number of aromatic nitrogens is 2. The van der Waals surface area contributed by atoms with Crippen molar-refractivity contribution in [3.05, 3.63) is 71.0 Å². The number of methoxy groups -OCH3 is 1. The fourth-order valence-corrected chi connectivity index (χ4v) is 3.27. The maximum absolute atomic E-state index is 12.9. The first kappa shape index (κ1) is 19.0. The Morgan fingerprint density at radius 1 is 1.21 bits per heavy atom. The molecule has 7 nitrogen and oxygen atoms in total. The lowest BCUT2D eigenvalue weighted by molar-refractivity contribution is 0.0751. The molecule has 1 aliphatic heterocycles. The van der Waals surface area contributed by atoms with Gasteiger partial charge in [-0.2, -0.15) is 0 Å². The van der Waals surface area contributed by atoms with Crippen LogP contribution >= 0.6 is 11.6 Å². The molecule has 0 bridgehead atoms.